The Morgan fingerprint density at radius 3 is 2.72 bits per heavy atom. The highest BCUT2D eigenvalue weighted by Crippen LogP contribution is 2.37. The van der Waals surface area contributed by atoms with Gasteiger partial charge in [-0.3, -0.25) is 0 Å². The molecule has 1 N–H and O–H groups in total. The summed E-state index contributed by atoms with van der Waals surface area (Å²) in [7, 11) is 0. The molecule has 1 atom stereocenters. The molecule has 1 aromatic rings. The molecule has 0 saturated carbocycles. The van der Waals surface area contributed by atoms with E-state index in [-0.39, 0.29) is 6.04 Å². The molecule has 1 aromatic carbocycles. The second kappa shape index (κ2) is 6.45. The van der Waals surface area contributed by atoms with Gasteiger partial charge in [0.15, 0.2) is 11.5 Å². The van der Waals surface area contributed by atoms with Gasteiger partial charge < -0.3 is 14.8 Å². The molecule has 0 bridgehead atoms. The van der Waals surface area contributed by atoms with Gasteiger partial charge in [-0.15, -0.1) is 0 Å². The zero-order chi connectivity index (χ0) is 13.0. The average Bonchev–Trinajstić information content (AvgIpc) is 2.38. The van der Waals surface area contributed by atoms with Gasteiger partial charge in [-0.2, -0.15) is 0 Å². The number of fused-ring (bicyclic) bond motifs is 1. The van der Waals surface area contributed by atoms with Crippen LogP contribution < -0.4 is 14.8 Å². The van der Waals surface area contributed by atoms with E-state index < -0.39 is 0 Å². The number of rotatable bonds is 4. The minimum atomic E-state index is 0.197. The molecule has 0 aliphatic carbocycles. The van der Waals surface area contributed by atoms with Gasteiger partial charge in [0.05, 0.1) is 0 Å². The van der Waals surface area contributed by atoms with Crippen LogP contribution >= 0.6 is 27.5 Å². The molecule has 0 radical (unpaired) electrons. The first-order valence-corrected chi connectivity index (χ1v) is 7.03. The van der Waals surface area contributed by atoms with Gasteiger partial charge >= 0.3 is 0 Å². The third-order valence-corrected chi connectivity index (χ3v) is 3.62. The lowest BCUT2D eigenvalue weighted by atomic mass is 10.1. The summed E-state index contributed by atoms with van der Waals surface area (Å²) in [6.07, 6.45) is 1.87. The predicted octanol–water partition coefficient (Wildman–Crippen LogP) is 3.62. The van der Waals surface area contributed by atoms with Crippen molar-refractivity contribution >= 4 is 27.5 Å². The van der Waals surface area contributed by atoms with Gasteiger partial charge in [0, 0.05) is 22.6 Å². The van der Waals surface area contributed by atoms with Crippen LogP contribution in [0.15, 0.2) is 28.2 Å². The van der Waals surface area contributed by atoms with E-state index in [1.807, 2.05) is 18.2 Å². The highest BCUT2D eigenvalue weighted by atomic mass is 79.9. The molecule has 0 aromatic heterocycles. The molecule has 0 saturated heterocycles. The highest BCUT2D eigenvalue weighted by Gasteiger charge is 2.17. The average molecular weight is 333 g/mol. The Labute approximate surface area is 120 Å². The van der Waals surface area contributed by atoms with Crippen LogP contribution in [0.3, 0.4) is 0 Å². The second-order valence-electron chi connectivity index (χ2n) is 4.01. The van der Waals surface area contributed by atoms with Gasteiger partial charge in [0.2, 0.25) is 0 Å². The second-order valence-corrected chi connectivity index (χ2v) is 5.12. The smallest absolute Gasteiger partial charge is 0.162 e. The molecule has 0 spiro atoms. The lowest BCUT2D eigenvalue weighted by Crippen LogP contribution is -2.20. The first kappa shape index (κ1) is 13.7. The topological polar surface area (TPSA) is 30.5 Å². The van der Waals surface area contributed by atoms with Gasteiger partial charge in [0.1, 0.15) is 13.2 Å². The molecule has 1 aliphatic rings. The fraction of sp³-hybridized carbons (Fsp3) is 0.385. The molecule has 1 aliphatic heterocycles. The maximum absolute atomic E-state index is 5.59. The van der Waals surface area contributed by atoms with Crippen LogP contribution in [0.4, 0.5) is 0 Å². The lowest BCUT2D eigenvalue weighted by Gasteiger charge is -2.22. The Hall–Kier alpha value is -0.710. The lowest BCUT2D eigenvalue weighted by molar-refractivity contribution is 0.171. The number of hydrogen-bond donors (Lipinski definition) is 1. The fourth-order valence-electron chi connectivity index (χ4n) is 1.81. The van der Waals surface area contributed by atoms with Crippen molar-refractivity contribution in [2.45, 2.75) is 13.0 Å². The molecule has 5 heteroatoms. The Bertz CT molecular complexity index is 451. The maximum atomic E-state index is 5.59. The summed E-state index contributed by atoms with van der Waals surface area (Å²) < 4.78 is 12.1. The molecular formula is C13H15BrClNO2. The fourth-order valence-corrected chi connectivity index (χ4v) is 2.57. The molecule has 1 heterocycles. The summed E-state index contributed by atoms with van der Waals surface area (Å²) in [5, 5.41) is 3.35. The molecule has 3 nitrogen and oxygen atoms in total. The van der Waals surface area contributed by atoms with Crippen molar-refractivity contribution in [3.05, 3.63) is 33.8 Å². The van der Waals surface area contributed by atoms with Crippen molar-refractivity contribution in [1.29, 1.82) is 0 Å². The van der Waals surface area contributed by atoms with E-state index in [0.29, 0.717) is 13.2 Å². The van der Waals surface area contributed by atoms with Crippen molar-refractivity contribution in [1.82, 2.24) is 5.32 Å². The van der Waals surface area contributed by atoms with Gasteiger partial charge in [0.25, 0.3) is 0 Å². The highest BCUT2D eigenvalue weighted by molar-refractivity contribution is 9.10. The Morgan fingerprint density at radius 2 is 2.06 bits per heavy atom. The summed E-state index contributed by atoms with van der Waals surface area (Å²) >= 11 is 9.06. The largest absolute Gasteiger partial charge is 0.486 e. The van der Waals surface area contributed by atoms with Gasteiger partial charge in [-0.05, 0) is 24.6 Å². The molecule has 0 fully saturated rings. The van der Waals surface area contributed by atoms with Crippen LogP contribution in [0.5, 0.6) is 11.5 Å². The standard InChI is InChI=1S/C13H15BrClNO2/c1-9(16-4-2-3-15)10-7-12-13(8-11(10)14)18-6-5-17-12/h2-3,7-9,16H,4-6H2,1H3/b3-2+. The zero-order valence-electron chi connectivity index (χ0n) is 10.1. The van der Waals surface area contributed by atoms with Crippen LogP contribution in [0.25, 0.3) is 0 Å². The third-order valence-electron chi connectivity index (χ3n) is 2.76. The van der Waals surface area contributed by atoms with Crippen LogP contribution in [0.1, 0.15) is 18.5 Å². The van der Waals surface area contributed by atoms with Crippen LogP contribution in [-0.4, -0.2) is 19.8 Å². The molecular weight excluding hydrogens is 318 g/mol. The van der Waals surface area contributed by atoms with Crippen molar-refractivity contribution in [3.63, 3.8) is 0 Å². The van der Waals surface area contributed by atoms with E-state index in [0.717, 1.165) is 28.1 Å². The molecule has 0 amide bonds. The number of halogens is 2. The first-order valence-electron chi connectivity index (χ1n) is 5.80. The molecule has 98 valence electrons. The SMILES string of the molecule is CC(NC/C=C/Cl)c1cc2c(cc1Br)OCCO2. The van der Waals surface area contributed by atoms with Gasteiger partial charge in [-0.1, -0.05) is 33.6 Å². The third kappa shape index (κ3) is 3.19. The van der Waals surface area contributed by atoms with Crippen molar-refractivity contribution in [3.8, 4) is 11.5 Å². The van der Waals surface area contributed by atoms with E-state index in [2.05, 4.69) is 28.2 Å². The normalized spacial score (nSPS) is 15.9. The van der Waals surface area contributed by atoms with Crippen LogP contribution in [-0.2, 0) is 0 Å². The summed E-state index contributed by atoms with van der Waals surface area (Å²) in [6, 6.07) is 4.17. The van der Waals surface area contributed by atoms with E-state index in [9.17, 15) is 0 Å². The molecule has 1 unspecified atom stereocenters. The summed E-state index contributed by atoms with van der Waals surface area (Å²) in [6.45, 7) is 4.03. The van der Waals surface area contributed by atoms with Crippen LogP contribution in [0.2, 0.25) is 0 Å². The summed E-state index contributed by atoms with van der Waals surface area (Å²) in [5.74, 6) is 1.60. The van der Waals surface area contributed by atoms with E-state index >= 15 is 0 Å². The van der Waals surface area contributed by atoms with E-state index in [1.165, 1.54) is 5.54 Å². The minimum Gasteiger partial charge on any atom is -0.486 e. The summed E-state index contributed by atoms with van der Waals surface area (Å²) in [4.78, 5) is 0. The quantitative estimate of drug-likeness (QED) is 0.913. The first-order chi connectivity index (χ1) is 8.72. The maximum Gasteiger partial charge on any atom is 0.162 e. The molecule has 18 heavy (non-hydrogen) atoms. The van der Waals surface area contributed by atoms with Crippen molar-refractivity contribution in [2.24, 2.45) is 0 Å². The van der Waals surface area contributed by atoms with Crippen LogP contribution in [0, 0.1) is 0 Å². The van der Waals surface area contributed by atoms with Crippen molar-refractivity contribution < 1.29 is 9.47 Å². The molecule has 2 rings (SSSR count). The zero-order valence-corrected chi connectivity index (χ0v) is 12.4. The monoisotopic (exact) mass is 331 g/mol. The Kier molecular flexibility index (Phi) is 4.92. The number of benzene rings is 1. The van der Waals surface area contributed by atoms with E-state index in [1.54, 1.807) is 0 Å². The van der Waals surface area contributed by atoms with Gasteiger partial charge in [-0.25, -0.2) is 0 Å². The van der Waals surface area contributed by atoms with E-state index in [4.69, 9.17) is 21.1 Å². The van der Waals surface area contributed by atoms with Crippen molar-refractivity contribution in [2.75, 3.05) is 19.8 Å². The Balaban J connectivity index is 2.16. The summed E-state index contributed by atoms with van der Waals surface area (Å²) in [5.41, 5.74) is 2.65. The number of hydrogen-bond acceptors (Lipinski definition) is 3. The Morgan fingerprint density at radius 1 is 1.39 bits per heavy atom. The minimum absolute atomic E-state index is 0.197. The number of ether oxygens (including phenoxy) is 2. The number of nitrogens with one attached hydrogen (secondary N) is 1. The predicted molar refractivity (Wildman–Crippen MR) is 76.5 cm³/mol.